The predicted molar refractivity (Wildman–Crippen MR) is 77.2 cm³/mol. The van der Waals surface area contributed by atoms with Crippen LogP contribution in [0, 0.1) is 0 Å². The summed E-state index contributed by atoms with van der Waals surface area (Å²) in [5.74, 6) is -2.47. The number of amides is 1. The number of hydrogen-bond acceptors (Lipinski definition) is 7. The molecular weight excluding hydrogens is 310 g/mol. The van der Waals surface area contributed by atoms with Crippen molar-refractivity contribution in [1.29, 1.82) is 0 Å². The minimum Gasteiger partial charge on any atom is -0.478 e. The van der Waals surface area contributed by atoms with Crippen molar-refractivity contribution in [3.8, 4) is 0 Å². The van der Waals surface area contributed by atoms with Crippen molar-refractivity contribution in [3.05, 3.63) is 11.3 Å². The first-order chi connectivity index (χ1) is 10.7. The second kappa shape index (κ2) is 8.25. The Morgan fingerprint density at radius 3 is 2.39 bits per heavy atom. The van der Waals surface area contributed by atoms with Crippen molar-refractivity contribution in [2.24, 2.45) is 0 Å². The van der Waals surface area contributed by atoms with Gasteiger partial charge in [0.25, 0.3) is 0 Å². The third kappa shape index (κ3) is 4.41. The number of carbonyl (C=O) groups excluding carboxylic acids is 1. The Bertz CT molecular complexity index is 477. The third-order valence-electron chi connectivity index (χ3n) is 3.60. The summed E-state index contributed by atoms with van der Waals surface area (Å²) < 4.78 is 5.27. The summed E-state index contributed by atoms with van der Waals surface area (Å²) >= 11 is 0. The summed E-state index contributed by atoms with van der Waals surface area (Å²) in [6.45, 7) is 2.18. The Balaban J connectivity index is 3.27. The highest BCUT2D eigenvalue weighted by molar-refractivity contribution is 5.86. The first kappa shape index (κ1) is 19.4. The van der Waals surface area contributed by atoms with E-state index in [4.69, 9.17) is 9.84 Å². The number of carboxylic acid groups (broad SMARTS) is 1. The number of carbonyl (C=O) groups is 2. The molecule has 2 unspecified atom stereocenters. The van der Waals surface area contributed by atoms with E-state index in [0.717, 1.165) is 0 Å². The maximum Gasteiger partial charge on any atom is 0.371 e. The van der Waals surface area contributed by atoms with Crippen LogP contribution in [0.3, 0.4) is 0 Å². The molecule has 9 heteroatoms. The largest absolute Gasteiger partial charge is 0.478 e. The van der Waals surface area contributed by atoms with Crippen molar-refractivity contribution in [2.75, 3.05) is 6.61 Å². The van der Waals surface area contributed by atoms with Gasteiger partial charge in [-0.15, -0.1) is 0 Å². The molecule has 0 radical (unpaired) electrons. The highest BCUT2D eigenvalue weighted by Crippen LogP contribution is 2.30. The Morgan fingerprint density at radius 1 is 1.35 bits per heavy atom. The first-order valence-electron chi connectivity index (χ1n) is 7.29. The van der Waals surface area contributed by atoms with E-state index in [1.807, 2.05) is 0 Å². The zero-order valence-corrected chi connectivity index (χ0v) is 13.0. The number of rotatable bonds is 7. The molecule has 23 heavy (non-hydrogen) atoms. The van der Waals surface area contributed by atoms with E-state index in [2.05, 4.69) is 5.32 Å². The van der Waals surface area contributed by atoms with Crippen LogP contribution in [-0.2, 0) is 14.3 Å². The lowest BCUT2D eigenvalue weighted by Crippen LogP contribution is -2.61. The van der Waals surface area contributed by atoms with E-state index in [0.29, 0.717) is 6.42 Å². The lowest BCUT2D eigenvalue weighted by Gasteiger charge is -2.40. The number of nitrogens with one attached hydrogen (secondary N) is 1. The zero-order chi connectivity index (χ0) is 17.7. The van der Waals surface area contributed by atoms with Crippen molar-refractivity contribution in [1.82, 2.24) is 5.32 Å². The summed E-state index contributed by atoms with van der Waals surface area (Å²) in [5.41, 5.74) is 0.0979. The molecule has 1 aliphatic heterocycles. The molecule has 6 N–H and O–H groups in total. The van der Waals surface area contributed by atoms with Gasteiger partial charge in [0.2, 0.25) is 11.7 Å². The minimum absolute atomic E-state index is 0.0979. The summed E-state index contributed by atoms with van der Waals surface area (Å²) in [5, 5.41) is 50.6. The molecule has 0 saturated carbocycles. The van der Waals surface area contributed by atoms with Crippen molar-refractivity contribution in [3.63, 3.8) is 0 Å². The average Bonchev–Trinajstić information content (AvgIpc) is 2.49. The van der Waals surface area contributed by atoms with Gasteiger partial charge in [0.1, 0.15) is 18.3 Å². The fourth-order valence-corrected chi connectivity index (χ4v) is 2.54. The highest BCUT2D eigenvalue weighted by Gasteiger charge is 2.46. The van der Waals surface area contributed by atoms with Gasteiger partial charge in [-0.05, 0) is 6.42 Å². The number of aliphatic carboxylic acids is 1. The number of ether oxygens (including phenoxy) is 1. The van der Waals surface area contributed by atoms with Crippen molar-refractivity contribution < 1.29 is 39.9 Å². The highest BCUT2D eigenvalue weighted by atomic mass is 16.5. The maximum atomic E-state index is 11.3. The molecule has 0 bridgehead atoms. The van der Waals surface area contributed by atoms with Gasteiger partial charge in [0.15, 0.2) is 6.10 Å². The van der Waals surface area contributed by atoms with Crippen LogP contribution in [0.4, 0.5) is 0 Å². The lowest BCUT2D eigenvalue weighted by molar-refractivity contribution is -0.151. The summed E-state index contributed by atoms with van der Waals surface area (Å²) in [7, 11) is 0. The molecule has 0 spiro atoms. The van der Waals surface area contributed by atoms with Gasteiger partial charge in [-0.3, -0.25) is 4.79 Å². The van der Waals surface area contributed by atoms with Crippen LogP contribution in [-0.4, -0.2) is 74.5 Å². The van der Waals surface area contributed by atoms with Gasteiger partial charge >= 0.3 is 5.97 Å². The Hall–Kier alpha value is -1.68. The summed E-state index contributed by atoms with van der Waals surface area (Å²) in [6.07, 6.45) is -5.39. The molecular formula is C14H23NO8. The average molecular weight is 333 g/mol. The topological polar surface area (TPSA) is 157 Å². The normalized spacial score (nSPS) is 27.1. The molecule has 132 valence electrons. The molecule has 1 aliphatic rings. The molecule has 0 aromatic heterocycles. The fourth-order valence-electron chi connectivity index (χ4n) is 2.54. The van der Waals surface area contributed by atoms with E-state index in [1.165, 1.54) is 6.92 Å². The van der Waals surface area contributed by atoms with Crippen LogP contribution in [0.25, 0.3) is 0 Å². The maximum absolute atomic E-state index is 11.3. The van der Waals surface area contributed by atoms with Crippen LogP contribution in [0.2, 0.25) is 0 Å². The smallest absolute Gasteiger partial charge is 0.371 e. The molecule has 1 amide bonds. The number of aliphatic hydroxyl groups excluding tert-OH is 4. The molecule has 1 heterocycles. The van der Waals surface area contributed by atoms with Crippen LogP contribution >= 0.6 is 0 Å². The molecule has 9 nitrogen and oxygen atoms in total. The minimum atomic E-state index is -1.70. The molecule has 0 aliphatic carbocycles. The molecule has 0 aromatic rings. The third-order valence-corrected chi connectivity index (χ3v) is 3.60. The van der Waals surface area contributed by atoms with Gasteiger partial charge in [0.05, 0.1) is 12.6 Å². The van der Waals surface area contributed by atoms with Crippen molar-refractivity contribution in [2.45, 2.75) is 57.1 Å². The molecule has 0 aromatic carbocycles. The Kier molecular flexibility index (Phi) is 6.95. The molecule has 0 fully saturated rings. The van der Waals surface area contributed by atoms with E-state index in [9.17, 15) is 30.0 Å². The fraction of sp³-hybridized carbons (Fsp3) is 0.714. The predicted octanol–water partition coefficient (Wildman–Crippen LogP) is -1.90. The quantitative estimate of drug-likeness (QED) is 0.315. The van der Waals surface area contributed by atoms with Crippen LogP contribution in [0.5, 0.6) is 0 Å². The van der Waals surface area contributed by atoms with Gasteiger partial charge in [-0.1, -0.05) is 13.3 Å². The Morgan fingerprint density at radius 2 is 1.96 bits per heavy atom. The molecule has 0 saturated heterocycles. The van der Waals surface area contributed by atoms with Gasteiger partial charge in [0, 0.05) is 12.5 Å². The SMILES string of the molecule is CCCC1=C(C(=O)O)O[C@@H](C(O)C(O)CO)[C@H](NC(C)=O)[C@H]1O. The monoisotopic (exact) mass is 333 g/mol. The van der Waals surface area contributed by atoms with E-state index >= 15 is 0 Å². The Labute approximate surface area is 133 Å². The lowest BCUT2D eigenvalue weighted by atomic mass is 9.87. The summed E-state index contributed by atoms with van der Waals surface area (Å²) in [4.78, 5) is 22.7. The summed E-state index contributed by atoms with van der Waals surface area (Å²) in [6, 6.07) is -1.16. The number of aliphatic hydroxyl groups is 4. The van der Waals surface area contributed by atoms with E-state index < -0.39 is 54.7 Å². The number of hydrogen-bond donors (Lipinski definition) is 6. The number of carboxylic acids is 1. The van der Waals surface area contributed by atoms with Gasteiger partial charge in [-0.25, -0.2) is 4.79 Å². The molecule has 5 atom stereocenters. The second-order valence-electron chi connectivity index (χ2n) is 5.40. The van der Waals surface area contributed by atoms with E-state index in [-0.39, 0.29) is 12.0 Å². The van der Waals surface area contributed by atoms with Crippen LogP contribution in [0.1, 0.15) is 26.7 Å². The standard InChI is InChI=1S/C14H23NO8/c1-3-4-7-10(19)9(15-6(2)17)13(11(20)8(18)5-16)23-12(7)14(21)22/h8-11,13,16,18-20H,3-5H2,1-2H3,(H,15,17)(H,21,22)/t8?,9-,10+,11?,13-/m1/s1. The van der Waals surface area contributed by atoms with Gasteiger partial charge < -0.3 is 35.6 Å². The van der Waals surface area contributed by atoms with Crippen molar-refractivity contribution >= 4 is 11.9 Å². The van der Waals surface area contributed by atoms with Crippen LogP contribution < -0.4 is 5.32 Å². The molecule has 1 rings (SSSR count). The van der Waals surface area contributed by atoms with Gasteiger partial charge in [-0.2, -0.15) is 0 Å². The van der Waals surface area contributed by atoms with E-state index in [1.54, 1.807) is 6.92 Å². The second-order valence-corrected chi connectivity index (χ2v) is 5.40. The zero-order valence-electron chi connectivity index (χ0n) is 13.0. The van der Waals surface area contributed by atoms with Crippen LogP contribution in [0.15, 0.2) is 11.3 Å². The first-order valence-corrected chi connectivity index (χ1v) is 7.29.